The number of rotatable bonds is 4. The number of nitrogens with zero attached hydrogens (tertiary/aromatic N) is 2. The van der Waals surface area contributed by atoms with Crippen molar-refractivity contribution >= 4 is 27.5 Å². The van der Waals surface area contributed by atoms with Crippen LogP contribution in [0.15, 0.2) is 60.8 Å². The van der Waals surface area contributed by atoms with Crippen LogP contribution in [0.5, 0.6) is 5.75 Å². The first-order valence-corrected chi connectivity index (χ1v) is 11.3. The summed E-state index contributed by atoms with van der Waals surface area (Å²) in [7, 11) is 0. The summed E-state index contributed by atoms with van der Waals surface area (Å²) in [6.45, 7) is 4.86. The number of ether oxygens (including phenoxy) is 1. The summed E-state index contributed by atoms with van der Waals surface area (Å²) in [5.74, 6) is 1.16. The third-order valence-electron chi connectivity index (χ3n) is 5.54. The van der Waals surface area contributed by atoms with Crippen LogP contribution in [0, 0.1) is 0 Å². The Morgan fingerprint density at radius 3 is 2.84 bits per heavy atom. The normalized spacial score (nSPS) is 15.5. The highest BCUT2D eigenvalue weighted by molar-refractivity contribution is 7.21. The highest BCUT2D eigenvalue weighted by Crippen LogP contribution is 2.33. The van der Waals surface area contributed by atoms with Crippen molar-refractivity contribution in [2.75, 3.05) is 6.61 Å². The van der Waals surface area contributed by atoms with Crippen molar-refractivity contribution in [3.63, 3.8) is 0 Å². The maximum Gasteiger partial charge on any atom is 0.251 e. The Kier molecular flexibility index (Phi) is 5.16. The van der Waals surface area contributed by atoms with Gasteiger partial charge in [-0.15, -0.1) is 11.3 Å². The summed E-state index contributed by atoms with van der Waals surface area (Å²) in [4.78, 5) is 22.2. The molecule has 2 aromatic carbocycles. The van der Waals surface area contributed by atoms with Crippen LogP contribution in [-0.4, -0.2) is 22.5 Å². The molecule has 0 saturated carbocycles. The van der Waals surface area contributed by atoms with E-state index < -0.39 is 0 Å². The molecule has 1 aliphatic rings. The average molecular weight is 430 g/mol. The lowest BCUT2D eigenvalue weighted by Crippen LogP contribution is -2.32. The maximum absolute atomic E-state index is 13.0. The zero-order valence-corrected chi connectivity index (χ0v) is 18.3. The van der Waals surface area contributed by atoms with Gasteiger partial charge in [-0.3, -0.25) is 9.78 Å². The number of thiazole rings is 1. The summed E-state index contributed by atoms with van der Waals surface area (Å²) in [5, 5.41) is 4.08. The van der Waals surface area contributed by atoms with Gasteiger partial charge in [0.25, 0.3) is 5.91 Å². The quantitative estimate of drug-likeness (QED) is 0.450. The number of hydrogen-bond donors (Lipinski definition) is 1. The highest BCUT2D eigenvalue weighted by atomic mass is 32.1. The second-order valence-corrected chi connectivity index (χ2v) is 9.06. The number of benzene rings is 2. The third-order valence-corrected chi connectivity index (χ3v) is 6.61. The fourth-order valence-corrected chi connectivity index (χ4v) is 4.79. The summed E-state index contributed by atoms with van der Waals surface area (Å²) in [6, 6.07) is 17.6. The number of para-hydroxylation sites is 1. The first kappa shape index (κ1) is 19.7. The lowest BCUT2D eigenvalue weighted by molar-refractivity contribution is 0.0925. The molecule has 2 aromatic heterocycles. The molecule has 156 valence electrons. The predicted octanol–water partition coefficient (Wildman–Crippen LogP) is 5.74. The van der Waals surface area contributed by atoms with Gasteiger partial charge in [-0.25, -0.2) is 4.98 Å². The topological polar surface area (TPSA) is 64.1 Å². The zero-order valence-electron chi connectivity index (χ0n) is 17.5. The Balaban J connectivity index is 1.38. The number of hydrogen-bond acceptors (Lipinski definition) is 5. The minimum Gasteiger partial charge on any atom is -0.493 e. The number of carbonyl (C=O) groups excluding carboxylic acids is 1. The second-order valence-electron chi connectivity index (χ2n) is 8.03. The molecule has 5 rings (SSSR count). The van der Waals surface area contributed by atoms with Gasteiger partial charge in [0.05, 0.1) is 22.9 Å². The number of fused-ring (bicyclic) bond motifs is 2. The number of amides is 1. The van der Waals surface area contributed by atoms with Gasteiger partial charge in [-0.2, -0.15) is 0 Å². The first-order valence-electron chi connectivity index (χ1n) is 10.5. The van der Waals surface area contributed by atoms with Crippen LogP contribution in [0.2, 0.25) is 0 Å². The van der Waals surface area contributed by atoms with Gasteiger partial charge in [0.2, 0.25) is 0 Å². The molecule has 0 bridgehead atoms. The fraction of sp³-hybridized carbons (Fsp3) is 0.240. The summed E-state index contributed by atoms with van der Waals surface area (Å²) >= 11 is 1.58. The summed E-state index contributed by atoms with van der Waals surface area (Å²) in [5.41, 5.74) is 4.62. The van der Waals surface area contributed by atoms with Gasteiger partial charge < -0.3 is 10.1 Å². The largest absolute Gasteiger partial charge is 0.493 e. The van der Waals surface area contributed by atoms with Crippen molar-refractivity contribution in [1.82, 2.24) is 15.3 Å². The Morgan fingerprint density at radius 2 is 2.03 bits per heavy atom. The Hall–Kier alpha value is -3.25. The van der Waals surface area contributed by atoms with Crippen LogP contribution in [0.4, 0.5) is 0 Å². The number of aromatic nitrogens is 2. The van der Waals surface area contributed by atoms with E-state index in [1.165, 1.54) is 0 Å². The van der Waals surface area contributed by atoms with Crippen molar-refractivity contribution in [2.24, 2.45) is 0 Å². The molecule has 0 fully saturated rings. The second kappa shape index (κ2) is 8.12. The van der Waals surface area contributed by atoms with E-state index in [9.17, 15) is 4.79 Å². The van der Waals surface area contributed by atoms with Gasteiger partial charge in [-0.1, -0.05) is 32.0 Å². The molecule has 0 aliphatic carbocycles. The van der Waals surface area contributed by atoms with Crippen LogP contribution in [-0.2, 0) is 0 Å². The highest BCUT2D eigenvalue weighted by Gasteiger charge is 2.23. The van der Waals surface area contributed by atoms with Gasteiger partial charge in [-0.05, 0) is 42.3 Å². The fourth-order valence-electron chi connectivity index (χ4n) is 3.80. The standard InChI is InChI=1S/C25H23N3O2S/c1-15(2)19-9-8-17(14-26-19)25-28-21-10-7-16(13-23(21)31-25)24(29)27-20-11-12-30-22-6-4-3-5-18(20)22/h3-10,13-15,20H,11-12H2,1-2H3,(H,27,29). The van der Waals surface area contributed by atoms with Crippen molar-refractivity contribution in [3.8, 4) is 16.3 Å². The van der Waals surface area contributed by atoms with E-state index in [0.717, 1.165) is 44.2 Å². The molecule has 1 aliphatic heterocycles. The molecule has 1 amide bonds. The minimum atomic E-state index is -0.0819. The minimum absolute atomic E-state index is 0.0456. The van der Waals surface area contributed by atoms with Crippen molar-refractivity contribution in [3.05, 3.63) is 77.6 Å². The molecule has 0 spiro atoms. The Labute approximate surface area is 185 Å². The Bertz CT molecular complexity index is 1250. The van der Waals surface area contributed by atoms with E-state index >= 15 is 0 Å². The number of pyridine rings is 1. The third kappa shape index (κ3) is 3.91. The molecule has 1 N–H and O–H groups in total. The van der Waals surface area contributed by atoms with Crippen LogP contribution < -0.4 is 10.1 Å². The van der Waals surface area contributed by atoms with E-state index in [1.54, 1.807) is 11.3 Å². The monoisotopic (exact) mass is 429 g/mol. The van der Waals surface area contributed by atoms with E-state index in [1.807, 2.05) is 48.7 Å². The van der Waals surface area contributed by atoms with Crippen molar-refractivity contribution in [2.45, 2.75) is 32.2 Å². The van der Waals surface area contributed by atoms with Gasteiger partial charge >= 0.3 is 0 Å². The van der Waals surface area contributed by atoms with E-state index in [4.69, 9.17) is 9.72 Å². The molecule has 1 unspecified atom stereocenters. The van der Waals surface area contributed by atoms with E-state index in [2.05, 4.69) is 36.3 Å². The van der Waals surface area contributed by atoms with E-state index in [-0.39, 0.29) is 11.9 Å². The molecular weight excluding hydrogens is 406 g/mol. The summed E-state index contributed by atoms with van der Waals surface area (Å²) < 4.78 is 6.69. The van der Waals surface area contributed by atoms with Crippen molar-refractivity contribution < 1.29 is 9.53 Å². The molecule has 6 heteroatoms. The maximum atomic E-state index is 13.0. The van der Waals surface area contributed by atoms with Gasteiger partial charge in [0, 0.05) is 35.0 Å². The van der Waals surface area contributed by atoms with E-state index in [0.29, 0.717) is 18.1 Å². The molecule has 31 heavy (non-hydrogen) atoms. The van der Waals surface area contributed by atoms with Crippen LogP contribution in [0.1, 0.15) is 53.8 Å². The Morgan fingerprint density at radius 1 is 1.16 bits per heavy atom. The van der Waals surface area contributed by atoms with Gasteiger partial charge in [0.1, 0.15) is 10.8 Å². The van der Waals surface area contributed by atoms with Crippen molar-refractivity contribution in [1.29, 1.82) is 0 Å². The lowest BCUT2D eigenvalue weighted by atomic mass is 10.00. The first-order chi connectivity index (χ1) is 15.1. The molecule has 3 heterocycles. The van der Waals surface area contributed by atoms with Crippen LogP contribution in [0.25, 0.3) is 20.8 Å². The number of nitrogens with one attached hydrogen (secondary N) is 1. The molecule has 0 radical (unpaired) electrons. The zero-order chi connectivity index (χ0) is 21.4. The number of carbonyl (C=O) groups is 1. The average Bonchev–Trinajstić information content (AvgIpc) is 3.23. The SMILES string of the molecule is CC(C)c1ccc(-c2nc3ccc(C(=O)NC4CCOc5ccccc54)cc3s2)cn1. The molecule has 4 aromatic rings. The lowest BCUT2D eigenvalue weighted by Gasteiger charge is -2.26. The van der Waals surface area contributed by atoms with Gasteiger partial charge in [0.15, 0.2) is 0 Å². The molecule has 5 nitrogen and oxygen atoms in total. The predicted molar refractivity (Wildman–Crippen MR) is 124 cm³/mol. The summed E-state index contributed by atoms with van der Waals surface area (Å²) in [6.07, 6.45) is 2.64. The van der Waals surface area contributed by atoms with Crippen LogP contribution >= 0.6 is 11.3 Å². The smallest absolute Gasteiger partial charge is 0.251 e. The van der Waals surface area contributed by atoms with Crippen LogP contribution in [0.3, 0.4) is 0 Å². The molecule has 1 atom stereocenters. The molecular formula is C25H23N3O2S. The molecule has 0 saturated heterocycles.